The van der Waals surface area contributed by atoms with E-state index in [0.717, 1.165) is 34.7 Å². The van der Waals surface area contributed by atoms with Crippen molar-refractivity contribution in [3.63, 3.8) is 0 Å². The molecule has 106 valence electrons. The second-order valence-electron chi connectivity index (χ2n) is 4.40. The maximum atomic E-state index is 6.09. The number of rotatable bonds is 5. The molecule has 0 amide bonds. The van der Waals surface area contributed by atoms with E-state index >= 15 is 0 Å². The Hall–Kier alpha value is -1.71. The Bertz CT molecular complexity index is 599. The van der Waals surface area contributed by atoms with Crippen molar-refractivity contribution in [1.82, 2.24) is 5.32 Å². The Morgan fingerprint density at radius 1 is 1.00 bits per heavy atom. The van der Waals surface area contributed by atoms with E-state index in [1.54, 1.807) is 14.2 Å². The minimum Gasteiger partial charge on any atom is -0.496 e. The van der Waals surface area contributed by atoms with Crippen LogP contribution in [0.3, 0.4) is 0 Å². The maximum Gasteiger partial charge on any atom is 0.126 e. The fraction of sp³-hybridized carbons (Fsp3) is 0.250. The highest BCUT2D eigenvalue weighted by Gasteiger charge is 2.10. The van der Waals surface area contributed by atoms with Gasteiger partial charge in [0.05, 0.1) is 14.2 Å². The summed E-state index contributed by atoms with van der Waals surface area (Å²) in [5, 5.41) is 3.83. The van der Waals surface area contributed by atoms with Crippen LogP contribution in [0.2, 0.25) is 5.02 Å². The van der Waals surface area contributed by atoms with Gasteiger partial charge in [0, 0.05) is 22.7 Å². The second-order valence-corrected chi connectivity index (χ2v) is 4.84. The number of methoxy groups -OCH3 is 2. The molecular formula is C16H18ClNO2. The smallest absolute Gasteiger partial charge is 0.126 e. The third-order valence-corrected chi connectivity index (χ3v) is 3.36. The van der Waals surface area contributed by atoms with Crippen LogP contribution in [0.4, 0.5) is 0 Å². The Kier molecular flexibility index (Phi) is 4.88. The van der Waals surface area contributed by atoms with Gasteiger partial charge in [0.25, 0.3) is 0 Å². The second kappa shape index (κ2) is 6.64. The zero-order valence-electron chi connectivity index (χ0n) is 11.9. The molecule has 2 aromatic rings. The molecule has 20 heavy (non-hydrogen) atoms. The average molecular weight is 292 g/mol. The van der Waals surface area contributed by atoms with Gasteiger partial charge in [-0.25, -0.2) is 0 Å². The fourth-order valence-electron chi connectivity index (χ4n) is 2.18. The first kappa shape index (κ1) is 14.7. The normalized spacial score (nSPS) is 10.4. The highest BCUT2D eigenvalue weighted by molar-refractivity contribution is 6.31. The van der Waals surface area contributed by atoms with E-state index in [2.05, 4.69) is 11.4 Å². The Morgan fingerprint density at radius 3 is 2.35 bits per heavy atom. The van der Waals surface area contributed by atoms with Gasteiger partial charge in [0.1, 0.15) is 11.5 Å². The summed E-state index contributed by atoms with van der Waals surface area (Å²) >= 11 is 6.09. The highest BCUT2D eigenvalue weighted by Crippen LogP contribution is 2.34. The first-order valence-corrected chi connectivity index (χ1v) is 6.72. The van der Waals surface area contributed by atoms with E-state index < -0.39 is 0 Å². The molecule has 1 N–H and O–H groups in total. The molecular weight excluding hydrogens is 274 g/mol. The summed E-state index contributed by atoms with van der Waals surface area (Å²) in [4.78, 5) is 0. The van der Waals surface area contributed by atoms with Crippen LogP contribution < -0.4 is 14.8 Å². The number of benzene rings is 2. The molecule has 0 spiro atoms. The summed E-state index contributed by atoms with van der Waals surface area (Å²) in [7, 11) is 5.24. The van der Waals surface area contributed by atoms with Crippen LogP contribution in [-0.2, 0) is 6.54 Å². The topological polar surface area (TPSA) is 30.5 Å². The van der Waals surface area contributed by atoms with Crippen LogP contribution in [0.15, 0.2) is 36.4 Å². The van der Waals surface area contributed by atoms with Crippen molar-refractivity contribution in [1.29, 1.82) is 0 Å². The summed E-state index contributed by atoms with van der Waals surface area (Å²) in [6.07, 6.45) is 0. The Labute approximate surface area is 124 Å². The van der Waals surface area contributed by atoms with Gasteiger partial charge < -0.3 is 14.8 Å². The number of ether oxygens (including phenoxy) is 2. The largest absolute Gasteiger partial charge is 0.496 e. The third-order valence-electron chi connectivity index (χ3n) is 3.12. The number of hydrogen-bond acceptors (Lipinski definition) is 3. The summed E-state index contributed by atoms with van der Waals surface area (Å²) < 4.78 is 10.8. The SMILES string of the molecule is CNCc1cc(-c2cc(Cl)ccc2OC)ccc1OC. The molecule has 0 bridgehead atoms. The van der Waals surface area contributed by atoms with Crippen molar-refractivity contribution in [2.75, 3.05) is 21.3 Å². The molecule has 0 aliphatic rings. The molecule has 2 aromatic carbocycles. The predicted octanol–water partition coefficient (Wildman–Crippen LogP) is 3.74. The van der Waals surface area contributed by atoms with Crippen LogP contribution in [0.5, 0.6) is 11.5 Å². The number of nitrogens with one attached hydrogen (secondary N) is 1. The van der Waals surface area contributed by atoms with Gasteiger partial charge in [0.15, 0.2) is 0 Å². The molecule has 0 aliphatic carbocycles. The molecule has 0 radical (unpaired) electrons. The lowest BCUT2D eigenvalue weighted by molar-refractivity contribution is 0.408. The lowest BCUT2D eigenvalue weighted by Gasteiger charge is -2.13. The van der Waals surface area contributed by atoms with Crippen molar-refractivity contribution in [2.45, 2.75) is 6.54 Å². The van der Waals surface area contributed by atoms with Crippen molar-refractivity contribution < 1.29 is 9.47 Å². The van der Waals surface area contributed by atoms with Crippen molar-refractivity contribution >= 4 is 11.6 Å². The van der Waals surface area contributed by atoms with E-state index in [-0.39, 0.29) is 0 Å². The van der Waals surface area contributed by atoms with Gasteiger partial charge >= 0.3 is 0 Å². The van der Waals surface area contributed by atoms with E-state index in [1.165, 1.54) is 0 Å². The van der Waals surface area contributed by atoms with Gasteiger partial charge in [-0.1, -0.05) is 17.7 Å². The van der Waals surface area contributed by atoms with Gasteiger partial charge in [-0.2, -0.15) is 0 Å². The first-order valence-electron chi connectivity index (χ1n) is 6.35. The third kappa shape index (κ3) is 3.06. The Balaban J connectivity index is 2.52. The molecule has 4 heteroatoms. The zero-order chi connectivity index (χ0) is 14.5. The molecule has 0 fully saturated rings. The minimum atomic E-state index is 0.687. The van der Waals surface area contributed by atoms with E-state index in [1.807, 2.05) is 37.4 Å². The molecule has 0 heterocycles. The van der Waals surface area contributed by atoms with E-state index in [4.69, 9.17) is 21.1 Å². The minimum absolute atomic E-state index is 0.687. The summed E-state index contributed by atoms with van der Waals surface area (Å²) in [6.45, 7) is 0.736. The molecule has 0 atom stereocenters. The van der Waals surface area contributed by atoms with Crippen LogP contribution in [0.25, 0.3) is 11.1 Å². The van der Waals surface area contributed by atoms with Gasteiger partial charge in [-0.05, 0) is 42.9 Å². The number of hydrogen-bond donors (Lipinski definition) is 1. The highest BCUT2D eigenvalue weighted by atomic mass is 35.5. The number of halogens is 1. The first-order chi connectivity index (χ1) is 9.69. The fourth-order valence-corrected chi connectivity index (χ4v) is 2.35. The van der Waals surface area contributed by atoms with Gasteiger partial charge in [-0.3, -0.25) is 0 Å². The molecule has 0 saturated heterocycles. The molecule has 2 rings (SSSR count). The summed E-state index contributed by atoms with van der Waals surface area (Å²) in [6, 6.07) is 11.7. The van der Waals surface area contributed by atoms with Crippen molar-refractivity contribution in [3.8, 4) is 22.6 Å². The van der Waals surface area contributed by atoms with Gasteiger partial charge in [0.2, 0.25) is 0 Å². The monoisotopic (exact) mass is 291 g/mol. The molecule has 3 nitrogen and oxygen atoms in total. The maximum absolute atomic E-state index is 6.09. The summed E-state index contributed by atoms with van der Waals surface area (Å²) in [5.74, 6) is 1.67. The van der Waals surface area contributed by atoms with Crippen LogP contribution in [0, 0.1) is 0 Å². The molecule has 0 saturated carbocycles. The lowest BCUT2D eigenvalue weighted by Crippen LogP contribution is -2.06. The quantitative estimate of drug-likeness (QED) is 0.910. The van der Waals surface area contributed by atoms with Crippen LogP contribution in [0.1, 0.15) is 5.56 Å². The molecule has 0 aromatic heterocycles. The standard InChI is InChI=1S/C16H18ClNO2/c1-18-10-12-8-11(4-6-15(12)19-2)14-9-13(17)5-7-16(14)20-3/h4-9,18H,10H2,1-3H3. The van der Waals surface area contributed by atoms with Gasteiger partial charge in [-0.15, -0.1) is 0 Å². The Morgan fingerprint density at radius 2 is 1.70 bits per heavy atom. The van der Waals surface area contributed by atoms with Crippen molar-refractivity contribution in [2.24, 2.45) is 0 Å². The van der Waals surface area contributed by atoms with E-state index in [0.29, 0.717) is 5.02 Å². The molecule has 0 unspecified atom stereocenters. The van der Waals surface area contributed by atoms with E-state index in [9.17, 15) is 0 Å². The molecule has 0 aliphatic heterocycles. The van der Waals surface area contributed by atoms with Crippen LogP contribution >= 0.6 is 11.6 Å². The average Bonchev–Trinajstić information content (AvgIpc) is 2.47. The zero-order valence-corrected chi connectivity index (χ0v) is 12.6. The summed E-state index contributed by atoms with van der Waals surface area (Å²) in [5.41, 5.74) is 3.12. The predicted molar refractivity (Wildman–Crippen MR) is 82.8 cm³/mol. The van der Waals surface area contributed by atoms with Crippen molar-refractivity contribution in [3.05, 3.63) is 47.0 Å². The van der Waals surface area contributed by atoms with Crippen LogP contribution in [-0.4, -0.2) is 21.3 Å². The lowest BCUT2D eigenvalue weighted by atomic mass is 10.0.